The highest BCUT2D eigenvalue weighted by Crippen LogP contribution is 2.12. The molecule has 0 spiro atoms. The summed E-state index contributed by atoms with van der Waals surface area (Å²) in [6.07, 6.45) is 3.26. The first-order valence-electron chi connectivity index (χ1n) is 4.77. The average Bonchev–Trinajstić information content (AvgIpc) is 2.59. The van der Waals surface area contributed by atoms with Crippen LogP contribution >= 0.6 is 11.6 Å². The third-order valence-corrected chi connectivity index (χ3v) is 2.07. The van der Waals surface area contributed by atoms with Gasteiger partial charge in [0.1, 0.15) is 0 Å². The van der Waals surface area contributed by atoms with Gasteiger partial charge >= 0.3 is 0 Å². The third-order valence-electron chi connectivity index (χ3n) is 1.86. The van der Waals surface area contributed by atoms with Crippen LogP contribution in [0.3, 0.4) is 0 Å². The Balaban J connectivity index is 2.29. The van der Waals surface area contributed by atoms with Crippen molar-refractivity contribution in [3.05, 3.63) is 23.1 Å². The van der Waals surface area contributed by atoms with E-state index in [-0.39, 0.29) is 16.9 Å². The Morgan fingerprint density at radius 1 is 1.50 bits per heavy atom. The topological polar surface area (TPSA) is 42.2 Å². The predicted molar refractivity (Wildman–Crippen MR) is 55.6 cm³/mol. The molecule has 1 rings (SSSR count). The number of rotatable bonds is 5. The van der Waals surface area contributed by atoms with Crippen molar-refractivity contribution < 1.29 is 9.21 Å². The summed E-state index contributed by atoms with van der Waals surface area (Å²) in [6, 6.07) is 3.12. The normalized spacial score (nSPS) is 10.1. The highest BCUT2D eigenvalue weighted by atomic mass is 35.5. The molecule has 0 atom stereocenters. The molecule has 0 bridgehead atoms. The summed E-state index contributed by atoms with van der Waals surface area (Å²) < 4.78 is 4.96. The number of unbranched alkanes of at least 4 members (excludes halogenated alkanes) is 2. The van der Waals surface area contributed by atoms with Gasteiger partial charge in [-0.1, -0.05) is 19.8 Å². The quantitative estimate of drug-likeness (QED) is 0.768. The number of nitrogens with one attached hydrogen (secondary N) is 1. The Labute approximate surface area is 88.4 Å². The van der Waals surface area contributed by atoms with Gasteiger partial charge in [-0.3, -0.25) is 4.79 Å². The van der Waals surface area contributed by atoms with Crippen LogP contribution in [0.1, 0.15) is 36.7 Å². The molecule has 1 heterocycles. The molecule has 3 nitrogen and oxygen atoms in total. The number of carbonyl (C=O) groups is 1. The summed E-state index contributed by atoms with van der Waals surface area (Å²) in [5.74, 6) is 0.0690. The van der Waals surface area contributed by atoms with Crippen molar-refractivity contribution in [3.63, 3.8) is 0 Å². The number of carbonyl (C=O) groups excluding carboxylic acids is 1. The molecule has 4 heteroatoms. The van der Waals surface area contributed by atoms with E-state index in [9.17, 15) is 4.79 Å². The largest absolute Gasteiger partial charge is 0.440 e. The van der Waals surface area contributed by atoms with Gasteiger partial charge in [-0.15, -0.1) is 0 Å². The van der Waals surface area contributed by atoms with Crippen molar-refractivity contribution in [2.45, 2.75) is 26.2 Å². The SMILES string of the molecule is CCCCCNC(=O)c1ccc(Cl)o1. The minimum atomic E-state index is -0.201. The molecule has 0 aliphatic rings. The van der Waals surface area contributed by atoms with Gasteiger partial charge in [-0.05, 0) is 30.2 Å². The molecule has 78 valence electrons. The molecule has 0 aliphatic carbocycles. The van der Waals surface area contributed by atoms with Gasteiger partial charge in [-0.25, -0.2) is 0 Å². The van der Waals surface area contributed by atoms with E-state index in [1.54, 1.807) is 12.1 Å². The van der Waals surface area contributed by atoms with E-state index in [4.69, 9.17) is 16.0 Å². The van der Waals surface area contributed by atoms with Gasteiger partial charge in [0, 0.05) is 6.54 Å². The van der Waals surface area contributed by atoms with Crippen molar-refractivity contribution in [2.24, 2.45) is 0 Å². The van der Waals surface area contributed by atoms with Gasteiger partial charge in [0.05, 0.1) is 0 Å². The van der Waals surface area contributed by atoms with Gasteiger partial charge in [0.15, 0.2) is 11.0 Å². The lowest BCUT2D eigenvalue weighted by molar-refractivity contribution is 0.0925. The summed E-state index contributed by atoms with van der Waals surface area (Å²) >= 11 is 5.54. The Morgan fingerprint density at radius 2 is 2.29 bits per heavy atom. The van der Waals surface area contributed by atoms with E-state index in [0.29, 0.717) is 6.54 Å². The summed E-state index contributed by atoms with van der Waals surface area (Å²) in [5.41, 5.74) is 0. The number of furan rings is 1. The summed E-state index contributed by atoms with van der Waals surface area (Å²) in [4.78, 5) is 11.4. The lowest BCUT2D eigenvalue weighted by atomic mass is 10.2. The zero-order valence-corrected chi connectivity index (χ0v) is 8.93. The maximum atomic E-state index is 11.4. The second-order valence-electron chi connectivity index (χ2n) is 3.07. The highest BCUT2D eigenvalue weighted by molar-refractivity contribution is 6.29. The fourth-order valence-electron chi connectivity index (χ4n) is 1.10. The number of hydrogen-bond donors (Lipinski definition) is 1. The fraction of sp³-hybridized carbons (Fsp3) is 0.500. The Morgan fingerprint density at radius 3 is 2.86 bits per heavy atom. The van der Waals surface area contributed by atoms with Crippen molar-refractivity contribution in [2.75, 3.05) is 6.54 Å². The van der Waals surface area contributed by atoms with Gasteiger partial charge in [0.25, 0.3) is 5.91 Å². The van der Waals surface area contributed by atoms with Crippen LogP contribution in [0, 0.1) is 0 Å². The first-order chi connectivity index (χ1) is 6.74. The van der Waals surface area contributed by atoms with Crippen LogP contribution in [-0.4, -0.2) is 12.5 Å². The second kappa shape index (κ2) is 5.70. The van der Waals surface area contributed by atoms with Crippen LogP contribution in [0.4, 0.5) is 0 Å². The Kier molecular flexibility index (Phi) is 4.53. The lowest BCUT2D eigenvalue weighted by Crippen LogP contribution is -2.23. The molecule has 0 fully saturated rings. The zero-order chi connectivity index (χ0) is 10.4. The van der Waals surface area contributed by atoms with Gasteiger partial charge in [0.2, 0.25) is 0 Å². The Hall–Kier alpha value is -0.960. The molecule has 0 saturated heterocycles. The average molecular weight is 216 g/mol. The summed E-state index contributed by atoms with van der Waals surface area (Å²) in [6.45, 7) is 2.80. The van der Waals surface area contributed by atoms with E-state index in [1.807, 2.05) is 0 Å². The van der Waals surface area contributed by atoms with Gasteiger partial charge in [-0.2, -0.15) is 0 Å². The van der Waals surface area contributed by atoms with E-state index in [2.05, 4.69) is 12.2 Å². The van der Waals surface area contributed by atoms with E-state index in [0.717, 1.165) is 19.3 Å². The zero-order valence-electron chi connectivity index (χ0n) is 8.18. The van der Waals surface area contributed by atoms with Crippen LogP contribution in [0.15, 0.2) is 16.5 Å². The molecule has 1 N–H and O–H groups in total. The first kappa shape index (κ1) is 11.1. The van der Waals surface area contributed by atoms with Crippen molar-refractivity contribution >= 4 is 17.5 Å². The maximum Gasteiger partial charge on any atom is 0.287 e. The van der Waals surface area contributed by atoms with Crippen molar-refractivity contribution in [1.82, 2.24) is 5.32 Å². The van der Waals surface area contributed by atoms with Crippen LogP contribution in [0.5, 0.6) is 0 Å². The van der Waals surface area contributed by atoms with Crippen LogP contribution < -0.4 is 5.32 Å². The minimum absolute atomic E-state index is 0.201. The fourth-order valence-corrected chi connectivity index (χ4v) is 1.25. The van der Waals surface area contributed by atoms with Gasteiger partial charge < -0.3 is 9.73 Å². The van der Waals surface area contributed by atoms with Crippen LogP contribution in [0.25, 0.3) is 0 Å². The van der Waals surface area contributed by atoms with E-state index >= 15 is 0 Å². The van der Waals surface area contributed by atoms with Crippen molar-refractivity contribution in [1.29, 1.82) is 0 Å². The molecule has 1 aromatic heterocycles. The molecule has 0 aromatic carbocycles. The number of amides is 1. The standard InChI is InChI=1S/C10H14ClNO2/c1-2-3-4-7-12-10(13)8-5-6-9(11)14-8/h5-6H,2-4,7H2,1H3,(H,12,13). The number of halogens is 1. The predicted octanol–water partition coefficient (Wildman–Crippen LogP) is 2.85. The smallest absolute Gasteiger partial charge is 0.287 e. The molecule has 0 radical (unpaired) electrons. The van der Waals surface area contributed by atoms with E-state index in [1.165, 1.54) is 0 Å². The molecule has 0 aliphatic heterocycles. The second-order valence-corrected chi connectivity index (χ2v) is 3.44. The third kappa shape index (κ3) is 3.42. The lowest BCUT2D eigenvalue weighted by Gasteiger charge is -2.01. The van der Waals surface area contributed by atoms with Crippen molar-refractivity contribution in [3.8, 4) is 0 Å². The Bertz CT molecular complexity index is 296. The molecule has 1 amide bonds. The molecule has 1 aromatic rings. The molecular weight excluding hydrogens is 202 g/mol. The molecule has 0 saturated carbocycles. The van der Waals surface area contributed by atoms with Crippen LogP contribution in [0.2, 0.25) is 5.22 Å². The summed E-state index contributed by atoms with van der Waals surface area (Å²) in [5, 5.41) is 3.00. The van der Waals surface area contributed by atoms with E-state index < -0.39 is 0 Å². The highest BCUT2D eigenvalue weighted by Gasteiger charge is 2.08. The summed E-state index contributed by atoms with van der Waals surface area (Å²) in [7, 11) is 0. The van der Waals surface area contributed by atoms with Crippen LogP contribution in [-0.2, 0) is 0 Å². The number of hydrogen-bond acceptors (Lipinski definition) is 2. The molecule has 14 heavy (non-hydrogen) atoms. The molecule has 0 unspecified atom stereocenters. The monoisotopic (exact) mass is 215 g/mol. The molecular formula is C10H14ClNO2. The minimum Gasteiger partial charge on any atom is -0.440 e. The first-order valence-corrected chi connectivity index (χ1v) is 5.15. The maximum absolute atomic E-state index is 11.4.